The number of nitrogens with one attached hydrogen (secondary N) is 1. The molecule has 3 rings (SSSR count). The molecule has 1 saturated heterocycles. The average molecular weight is 280 g/mol. The summed E-state index contributed by atoms with van der Waals surface area (Å²) in [6.07, 6.45) is 3.83. The summed E-state index contributed by atoms with van der Waals surface area (Å²) in [5.41, 5.74) is 0. The summed E-state index contributed by atoms with van der Waals surface area (Å²) >= 11 is 0. The van der Waals surface area contributed by atoms with Gasteiger partial charge in [-0.2, -0.15) is 5.10 Å². The van der Waals surface area contributed by atoms with E-state index in [0.717, 1.165) is 63.6 Å². The third kappa shape index (κ3) is 2.87. The Morgan fingerprint density at radius 1 is 1.45 bits per heavy atom. The molecule has 1 aliphatic carbocycles. The Kier molecular flexibility index (Phi) is 4.33. The Labute approximate surface area is 119 Å². The Bertz CT molecular complexity index is 437. The Balaban J connectivity index is 1.68. The number of aromatic nitrogens is 3. The van der Waals surface area contributed by atoms with Crippen LogP contribution in [0.2, 0.25) is 0 Å². The highest BCUT2D eigenvalue weighted by atomic mass is 16.5. The van der Waals surface area contributed by atoms with E-state index in [4.69, 9.17) is 4.74 Å². The number of aliphatic hydroxyl groups excluding tert-OH is 1. The van der Waals surface area contributed by atoms with E-state index < -0.39 is 0 Å². The lowest BCUT2D eigenvalue weighted by Gasteiger charge is -2.39. The van der Waals surface area contributed by atoms with Crippen LogP contribution in [0.1, 0.15) is 37.8 Å². The fraction of sp³-hybridized carbons (Fsp3) is 0.857. The summed E-state index contributed by atoms with van der Waals surface area (Å²) in [6.45, 7) is 5.20. The zero-order valence-corrected chi connectivity index (χ0v) is 12.1. The Hall–Kier alpha value is -0.980. The third-order valence-electron chi connectivity index (χ3n) is 4.55. The largest absolute Gasteiger partial charge is 0.393 e. The van der Waals surface area contributed by atoms with Crippen LogP contribution < -0.4 is 0 Å². The van der Waals surface area contributed by atoms with Gasteiger partial charge in [-0.25, -0.2) is 4.98 Å². The Morgan fingerprint density at radius 2 is 2.35 bits per heavy atom. The van der Waals surface area contributed by atoms with Gasteiger partial charge < -0.3 is 9.84 Å². The number of morpholine rings is 1. The molecule has 0 spiro atoms. The standard InChI is InChI=1S/C14H24N4O2/c1-2-13-15-14(17-16-13)8-18-6-7-20-9-11(18)10-4-3-5-12(10)19/h10-12,19H,2-9H2,1H3,(H,15,16,17)/t10-,11-,12-/m1/s1. The van der Waals surface area contributed by atoms with Crippen LogP contribution in [-0.2, 0) is 17.7 Å². The van der Waals surface area contributed by atoms with Gasteiger partial charge >= 0.3 is 0 Å². The molecular weight excluding hydrogens is 256 g/mol. The van der Waals surface area contributed by atoms with Crippen LogP contribution in [0.25, 0.3) is 0 Å². The molecule has 3 atom stereocenters. The first-order chi connectivity index (χ1) is 9.78. The summed E-state index contributed by atoms with van der Waals surface area (Å²) in [7, 11) is 0. The van der Waals surface area contributed by atoms with Crippen molar-refractivity contribution in [1.82, 2.24) is 20.1 Å². The minimum atomic E-state index is -0.176. The number of rotatable bonds is 4. The number of aliphatic hydroxyl groups is 1. The molecular formula is C14H24N4O2. The number of aryl methyl sites for hydroxylation is 1. The lowest BCUT2D eigenvalue weighted by Crippen LogP contribution is -2.50. The predicted octanol–water partition coefficient (Wildman–Crippen LogP) is 0.729. The van der Waals surface area contributed by atoms with Gasteiger partial charge in [0.1, 0.15) is 11.6 Å². The van der Waals surface area contributed by atoms with E-state index in [1.54, 1.807) is 0 Å². The molecule has 20 heavy (non-hydrogen) atoms. The molecule has 2 fully saturated rings. The van der Waals surface area contributed by atoms with Crippen molar-refractivity contribution >= 4 is 0 Å². The van der Waals surface area contributed by atoms with Gasteiger partial charge in [0.25, 0.3) is 0 Å². The van der Waals surface area contributed by atoms with Gasteiger partial charge in [0.15, 0.2) is 0 Å². The molecule has 6 nitrogen and oxygen atoms in total. The summed E-state index contributed by atoms with van der Waals surface area (Å²) < 4.78 is 5.64. The summed E-state index contributed by atoms with van der Waals surface area (Å²) in [5.74, 6) is 2.12. The number of nitrogens with zero attached hydrogens (tertiary/aromatic N) is 3. The maximum absolute atomic E-state index is 10.1. The first-order valence-corrected chi connectivity index (χ1v) is 7.68. The second-order valence-corrected chi connectivity index (χ2v) is 5.83. The molecule has 0 radical (unpaired) electrons. The maximum Gasteiger partial charge on any atom is 0.150 e. The number of ether oxygens (including phenoxy) is 1. The molecule has 6 heteroatoms. The average Bonchev–Trinajstić information content (AvgIpc) is 3.08. The molecule has 0 aromatic carbocycles. The fourth-order valence-electron chi connectivity index (χ4n) is 3.42. The topological polar surface area (TPSA) is 74.3 Å². The van der Waals surface area contributed by atoms with Crippen LogP contribution in [0.3, 0.4) is 0 Å². The number of H-pyrrole nitrogens is 1. The fourth-order valence-corrected chi connectivity index (χ4v) is 3.42. The van der Waals surface area contributed by atoms with Crippen LogP contribution in [0.5, 0.6) is 0 Å². The first kappa shape index (κ1) is 14.0. The van der Waals surface area contributed by atoms with E-state index in [1.807, 2.05) is 0 Å². The van der Waals surface area contributed by atoms with Gasteiger partial charge in [0.2, 0.25) is 0 Å². The van der Waals surface area contributed by atoms with Crippen LogP contribution in [-0.4, -0.2) is 57.1 Å². The normalized spacial score (nSPS) is 31.8. The van der Waals surface area contributed by atoms with Gasteiger partial charge in [-0.3, -0.25) is 10.00 Å². The van der Waals surface area contributed by atoms with E-state index in [1.165, 1.54) is 0 Å². The zero-order valence-electron chi connectivity index (χ0n) is 12.1. The molecule has 2 N–H and O–H groups in total. The molecule has 0 bridgehead atoms. The van der Waals surface area contributed by atoms with E-state index in [2.05, 4.69) is 27.0 Å². The molecule has 1 aromatic heterocycles. The minimum Gasteiger partial charge on any atom is -0.393 e. The first-order valence-electron chi connectivity index (χ1n) is 7.68. The van der Waals surface area contributed by atoms with E-state index >= 15 is 0 Å². The van der Waals surface area contributed by atoms with Crippen LogP contribution >= 0.6 is 0 Å². The highest BCUT2D eigenvalue weighted by Gasteiger charge is 2.37. The van der Waals surface area contributed by atoms with Gasteiger partial charge in [0.05, 0.1) is 25.9 Å². The lowest BCUT2D eigenvalue weighted by atomic mass is 9.94. The summed E-state index contributed by atoms with van der Waals surface area (Å²) in [4.78, 5) is 6.88. The van der Waals surface area contributed by atoms with E-state index in [0.29, 0.717) is 12.0 Å². The van der Waals surface area contributed by atoms with Crippen molar-refractivity contribution in [2.45, 2.75) is 51.3 Å². The molecule has 0 unspecified atom stereocenters. The molecule has 1 aliphatic heterocycles. The zero-order chi connectivity index (χ0) is 13.9. The molecule has 1 aromatic rings. The van der Waals surface area contributed by atoms with Gasteiger partial charge in [-0.15, -0.1) is 0 Å². The highest BCUT2D eigenvalue weighted by molar-refractivity contribution is 4.94. The van der Waals surface area contributed by atoms with Crippen molar-refractivity contribution in [3.63, 3.8) is 0 Å². The summed E-state index contributed by atoms with van der Waals surface area (Å²) in [5, 5.41) is 17.4. The molecule has 2 heterocycles. The van der Waals surface area contributed by atoms with Crippen molar-refractivity contribution in [3.05, 3.63) is 11.6 Å². The van der Waals surface area contributed by atoms with Crippen LogP contribution in [0.15, 0.2) is 0 Å². The van der Waals surface area contributed by atoms with Crippen LogP contribution in [0, 0.1) is 5.92 Å². The monoisotopic (exact) mass is 280 g/mol. The second-order valence-electron chi connectivity index (χ2n) is 5.83. The van der Waals surface area contributed by atoms with Crippen molar-refractivity contribution in [2.75, 3.05) is 19.8 Å². The molecule has 2 aliphatic rings. The van der Waals surface area contributed by atoms with Crippen LogP contribution in [0.4, 0.5) is 0 Å². The number of hydrogen-bond acceptors (Lipinski definition) is 5. The second kappa shape index (κ2) is 6.20. The summed E-state index contributed by atoms with van der Waals surface area (Å²) in [6, 6.07) is 0.302. The molecule has 112 valence electrons. The minimum absolute atomic E-state index is 0.176. The van der Waals surface area contributed by atoms with Crippen molar-refractivity contribution < 1.29 is 9.84 Å². The SMILES string of the molecule is CCc1n[nH]c(CN2CCOC[C@@H]2[C@H]2CCC[C@H]2O)n1. The third-order valence-corrected chi connectivity index (χ3v) is 4.55. The Morgan fingerprint density at radius 3 is 3.05 bits per heavy atom. The smallest absolute Gasteiger partial charge is 0.150 e. The van der Waals surface area contributed by atoms with E-state index in [9.17, 15) is 5.11 Å². The van der Waals surface area contributed by atoms with Gasteiger partial charge in [0, 0.05) is 24.9 Å². The highest BCUT2D eigenvalue weighted by Crippen LogP contribution is 2.32. The van der Waals surface area contributed by atoms with Crippen molar-refractivity contribution in [2.24, 2.45) is 5.92 Å². The molecule has 1 saturated carbocycles. The van der Waals surface area contributed by atoms with E-state index in [-0.39, 0.29) is 6.10 Å². The van der Waals surface area contributed by atoms with Gasteiger partial charge in [-0.05, 0) is 12.8 Å². The molecule has 0 amide bonds. The van der Waals surface area contributed by atoms with Crippen molar-refractivity contribution in [1.29, 1.82) is 0 Å². The quantitative estimate of drug-likeness (QED) is 0.850. The number of aromatic amines is 1. The number of hydrogen-bond donors (Lipinski definition) is 2. The van der Waals surface area contributed by atoms with Gasteiger partial charge in [-0.1, -0.05) is 13.3 Å². The maximum atomic E-state index is 10.1. The lowest BCUT2D eigenvalue weighted by molar-refractivity contribution is -0.0545. The predicted molar refractivity (Wildman–Crippen MR) is 74.1 cm³/mol. The van der Waals surface area contributed by atoms with Crippen molar-refractivity contribution in [3.8, 4) is 0 Å².